The normalized spacial score (nSPS) is 10.3. The molecular formula is C12H21N5O. The highest BCUT2D eigenvalue weighted by Gasteiger charge is 2.04. The smallest absolute Gasteiger partial charge is 0.239 e. The molecule has 1 aromatic rings. The molecule has 0 aliphatic carbocycles. The van der Waals surface area contributed by atoms with Crippen molar-refractivity contribution >= 4 is 17.5 Å². The van der Waals surface area contributed by atoms with E-state index in [1.54, 1.807) is 13.1 Å². The zero-order valence-corrected chi connectivity index (χ0v) is 11.4. The SMILES string of the molecule is CNc1cc(NCC(=O)NCC(C)C)nc(C)n1. The highest BCUT2D eigenvalue weighted by Crippen LogP contribution is 2.09. The van der Waals surface area contributed by atoms with Gasteiger partial charge in [-0.3, -0.25) is 4.79 Å². The summed E-state index contributed by atoms with van der Waals surface area (Å²) in [6.45, 7) is 6.82. The van der Waals surface area contributed by atoms with E-state index >= 15 is 0 Å². The Morgan fingerprint density at radius 1 is 1.33 bits per heavy atom. The van der Waals surface area contributed by atoms with E-state index in [1.807, 2.05) is 6.92 Å². The number of nitrogens with zero attached hydrogens (tertiary/aromatic N) is 2. The molecule has 0 saturated heterocycles. The lowest BCUT2D eigenvalue weighted by atomic mass is 10.2. The van der Waals surface area contributed by atoms with Crippen molar-refractivity contribution in [3.63, 3.8) is 0 Å². The van der Waals surface area contributed by atoms with E-state index < -0.39 is 0 Å². The van der Waals surface area contributed by atoms with Crippen LogP contribution in [0.5, 0.6) is 0 Å². The average Bonchev–Trinajstić information content (AvgIpc) is 2.33. The van der Waals surface area contributed by atoms with Crippen molar-refractivity contribution < 1.29 is 4.79 Å². The van der Waals surface area contributed by atoms with Gasteiger partial charge in [-0.2, -0.15) is 0 Å². The van der Waals surface area contributed by atoms with E-state index in [-0.39, 0.29) is 12.5 Å². The van der Waals surface area contributed by atoms with Crippen LogP contribution in [0.2, 0.25) is 0 Å². The van der Waals surface area contributed by atoms with Gasteiger partial charge in [0, 0.05) is 19.7 Å². The van der Waals surface area contributed by atoms with Crippen molar-refractivity contribution in [1.29, 1.82) is 0 Å². The largest absolute Gasteiger partial charge is 0.373 e. The van der Waals surface area contributed by atoms with Gasteiger partial charge in [0.15, 0.2) is 0 Å². The van der Waals surface area contributed by atoms with Gasteiger partial charge in [0.1, 0.15) is 17.5 Å². The molecule has 3 N–H and O–H groups in total. The Balaban J connectivity index is 2.47. The number of carbonyl (C=O) groups excluding carboxylic acids is 1. The Morgan fingerprint density at radius 3 is 2.61 bits per heavy atom. The lowest BCUT2D eigenvalue weighted by molar-refractivity contribution is -0.119. The Labute approximate surface area is 108 Å². The number of anilines is 2. The highest BCUT2D eigenvalue weighted by molar-refractivity contribution is 5.80. The summed E-state index contributed by atoms with van der Waals surface area (Å²) in [5, 5.41) is 8.76. The predicted octanol–water partition coefficient (Wildman–Crippen LogP) is 1.01. The van der Waals surface area contributed by atoms with Crippen molar-refractivity contribution in [2.45, 2.75) is 20.8 Å². The Hall–Kier alpha value is -1.85. The number of aryl methyl sites for hydroxylation is 1. The average molecular weight is 251 g/mol. The van der Waals surface area contributed by atoms with Gasteiger partial charge in [0.25, 0.3) is 0 Å². The fourth-order valence-corrected chi connectivity index (χ4v) is 1.34. The summed E-state index contributed by atoms with van der Waals surface area (Å²) < 4.78 is 0. The molecule has 0 aliphatic heterocycles. The number of aromatic nitrogens is 2. The van der Waals surface area contributed by atoms with Crippen LogP contribution < -0.4 is 16.0 Å². The third-order valence-corrected chi connectivity index (χ3v) is 2.23. The van der Waals surface area contributed by atoms with Crippen molar-refractivity contribution in [3.05, 3.63) is 11.9 Å². The van der Waals surface area contributed by atoms with Crippen LogP contribution in [0.25, 0.3) is 0 Å². The molecule has 100 valence electrons. The van der Waals surface area contributed by atoms with Gasteiger partial charge in [0.05, 0.1) is 6.54 Å². The second-order valence-electron chi connectivity index (χ2n) is 4.49. The molecule has 6 heteroatoms. The Kier molecular flexibility index (Phi) is 5.35. The van der Waals surface area contributed by atoms with Crippen LogP contribution in [0.15, 0.2) is 6.07 Å². The molecule has 0 aromatic carbocycles. The number of hydrogen-bond acceptors (Lipinski definition) is 5. The van der Waals surface area contributed by atoms with Crippen LogP contribution in [-0.2, 0) is 4.79 Å². The van der Waals surface area contributed by atoms with Gasteiger partial charge in [-0.1, -0.05) is 13.8 Å². The number of hydrogen-bond donors (Lipinski definition) is 3. The molecule has 0 radical (unpaired) electrons. The van der Waals surface area contributed by atoms with Gasteiger partial charge >= 0.3 is 0 Å². The fraction of sp³-hybridized carbons (Fsp3) is 0.583. The summed E-state index contributed by atoms with van der Waals surface area (Å²) in [7, 11) is 1.79. The maximum atomic E-state index is 11.5. The molecule has 0 fully saturated rings. The molecule has 1 heterocycles. The van der Waals surface area contributed by atoms with Crippen molar-refractivity contribution in [3.8, 4) is 0 Å². The van der Waals surface area contributed by atoms with Gasteiger partial charge < -0.3 is 16.0 Å². The summed E-state index contributed by atoms with van der Waals surface area (Å²) in [6, 6.07) is 1.77. The van der Waals surface area contributed by atoms with E-state index in [9.17, 15) is 4.79 Å². The molecule has 0 atom stereocenters. The van der Waals surface area contributed by atoms with E-state index in [1.165, 1.54) is 0 Å². The summed E-state index contributed by atoms with van der Waals surface area (Å²) >= 11 is 0. The first-order valence-corrected chi connectivity index (χ1v) is 6.05. The lowest BCUT2D eigenvalue weighted by Crippen LogP contribution is -2.32. The quantitative estimate of drug-likeness (QED) is 0.703. The molecule has 0 unspecified atom stereocenters. The van der Waals surface area contributed by atoms with Crippen LogP contribution in [-0.4, -0.2) is 36.0 Å². The first-order valence-electron chi connectivity index (χ1n) is 6.05. The van der Waals surface area contributed by atoms with Crippen LogP contribution >= 0.6 is 0 Å². The van der Waals surface area contributed by atoms with Crippen molar-refractivity contribution in [2.75, 3.05) is 30.8 Å². The molecule has 1 aromatic heterocycles. The van der Waals surface area contributed by atoms with Gasteiger partial charge in [0.2, 0.25) is 5.91 Å². The van der Waals surface area contributed by atoms with E-state index in [0.717, 1.165) is 5.82 Å². The highest BCUT2D eigenvalue weighted by atomic mass is 16.1. The fourth-order valence-electron chi connectivity index (χ4n) is 1.34. The Bertz CT molecular complexity index is 405. The maximum Gasteiger partial charge on any atom is 0.239 e. The van der Waals surface area contributed by atoms with Gasteiger partial charge in [-0.25, -0.2) is 9.97 Å². The summed E-state index contributed by atoms with van der Waals surface area (Å²) in [5.74, 6) is 2.45. The molecule has 0 aliphatic rings. The monoisotopic (exact) mass is 251 g/mol. The van der Waals surface area contributed by atoms with Crippen LogP contribution in [0.4, 0.5) is 11.6 Å². The summed E-state index contributed by atoms with van der Waals surface area (Å²) in [5.41, 5.74) is 0. The second kappa shape index (κ2) is 6.78. The molecule has 18 heavy (non-hydrogen) atoms. The van der Waals surface area contributed by atoms with E-state index in [4.69, 9.17) is 0 Å². The van der Waals surface area contributed by atoms with E-state index in [2.05, 4.69) is 39.8 Å². The molecule has 6 nitrogen and oxygen atoms in total. The van der Waals surface area contributed by atoms with E-state index in [0.29, 0.717) is 24.1 Å². The maximum absolute atomic E-state index is 11.5. The minimum absolute atomic E-state index is 0.0361. The molecule has 0 saturated carbocycles. The topological polar surface area (TPSA) is 78.9 Å². The zero-order chi connectivity index (χ0) is 13.5. The van der Waals surface area contributed by atoms with Crippen molar-refractivity contribution in [1.82, 2.24) is 15.3 Å². The number of amides is 1. The molecule has 0 spiro atoms. The van der Waals surface area contributed by atoms with Gasteiger partial charge in [-0.15, -0.1) is 0 Å². The summed E-state index contributed by atoms with van der Waals surface area (Å²) in [6.07, 6.45) is 0. The first kappa shape index (κ1) is 14.2. The zero-order valence-electron chi connectivity index (χ0n) is 11.4. The Morgan fingerprint density at radius 2 is 2.00 bits per heavy atom. The summed E-state index contributed by atoms with van der Waals surface area (Å²) in [4.78, 5) is 19.9. The number of carbonyl (C=O) groups is 1. The van der Waals surface area contributed by atoms with Crippen LogP contribution in [0.1, 0.15) is 19.7 Å². The number of rotatable bonds is 6. The molecular weight excluding hydrogens is 230 g/mol. The predicted molar refractivity (Wildman–Crippen MR) is 72.7 cm³/mol. The number of nitrogens with one attached hydrogen (secondary N) is 3. The van der Waals surface area contributed by atoms with Crippen LogP contribution in [0, 0.1) is 12.8 Å². The third-order valence-electron chi connectivity index (χ3n) is 2.23. The minimum Gasteiger partial charge on any atom is -0.373 e. The standard InChI is InChI=1S/C12H21N5O/c1-8(2)6-15-12(18)7-14-11-5-10(13-4)16-9(3)17-11/h5,8H,6-7H2,1-4H3,(H,15,18)(H2,13,14,16,17). The first-order chi connectivity index (χ1) is 8.51. The van der Waals surface area contributed by atoms with Crippen molar-refractivity contribution in [2.24, 2.45) is 5.92 Å². The van der Waals surface area contributed by atoms with Crippen LogP contribution in [0.3, 0.4) is 0 Å². The molecule has 0 bridgehead atoms. The third kappa shape index (κ3) is 4.99. The second-order valence-corrected chi connectivity index (χ2v) is 4.49. The lowest BCUT2D eigenvalue weighted by Gasteiger charge is -2.10. The molecule has 1 rings (SSSR count). The minimum atomic E-state index is -0.0361. The van der Waals surface area contributed by atoms with Gasteiger partial charge in [-0.05, 0) is 12.8 Å². The molecule has 1 amide bonds.